The third-order valence-corrected chi connectivity index (χ3v) is 2.25. The van der Waals surface area contributed by atoms with E-state index in [0.29, 0.717) is 0 Å². The van der Waals surface area contributed by atoms with Crippen LogP contribution in [0.3, 0.4) is 0 Å². The smallest absolute Gasteiger partial charge is 0.0523 e. The molecule has 0 spiro atoms. The van der Waals surface area contributed by atoms with Gasteiger partial charge in [0.1, 0.15) is 0 Å². The molecule has 0 aromatic rings. The van der Waals surface area contributed by atoms with Gasteiger partial charge in [-0.3, -0.25) is 5.01 Å². The molecule has 0 aromatic heterocycles. The zero-order valence-corrected chi connectivity index (χ0v) is 8.96. The Labute approximate surface area is 81.4 Å². The first-order valence-corrected chi connectivity index (χ1v) is 5.43. The highest BCUT2D eigenvalue weighted by Gasteiger charge is 1.97. The van der Waals surface area contributed by atoms with Crippen LogP contribution in [-0.4, -0.2) is 18.1 Å². The van der Waals surface area contributed by atoms with Crippen LogP contribution >= 0.6 is 0 Å². The molecule has 0 aromatic carbocycles. The molecule has 3 nitrogen and oxygen atoms in total. The number of hydrogen-bond donors (Lipinski definition) is 0. The molecule has 0 aliphatic carbocycles. The fourth-order valence-electron chi connectivity index (χ4n) is 1.33. The molecule has 13 heavy (non-hydrogen) atoms. The number of rotatable bonds is 9. The monoisotopic (exact) mass is 186 g/mol. The van der Waals surface area contributed by atoms with Crippen molar-refractivity contribution in [3.05, 3.63) is 4.91 Å². The van der Waals surface area contributed by atoms with Gasteiger partial charge < -0.3 is 0 Å². The average molecular weight is 186 g/mol. The van der Waals surface area contributed by atoms with Crippen LogP contribution in [0.15, 0.2) is 5.29 Å². The number of hydrogen-bond acceptors (Lipinski definition) is 2. The molecule has 0 unspecified atom stereocenters. The molecule has 0 amide bonds. The predicted molar refractivity (Wildman–Crippen MR) is 56.4 cm³/mol. The van der Waals surface area contributed by atoms with Crippen molar-refractivity contribution < 1.29 is 0 Å². The minimum Gasteiger partial charge on any atom is -0.261 e. The molecule has 0 fully saturated rings. The summed E-state index contributed by atoms with van der Waals surface area (Å²) in [6, 6.07) is 0. The highest BCUT2D eigenvalue weighted by atomic mass is 16.3. The molecule has 0 radical (unpaired) electrons. The molecule has 0 atom stereocenters. The summed E-state index contributed by atoms with van der Waals surface area (Å²) < 4.78 is 0. The van der Waals surface area contributed by atoms with Crippen molar-refractivity contribution in [1.82, 2.24) is 5.01 Å². The molecule has 0 N–H and O–H groups in total. The molecule has 0 aliphatic heterocycles. The first kappa shape index (κ1) is 12.4. The number of unbranched alkanes of at least 4 members (excludes halogenated alkanes) is 5. The van der Waals surface area contributed by atoms with Crippen molar-refractivity contribution >= 4 is 0 Å². The number of nitrogens with zero attached hydrogens (tertiary/aromatic N) is 2. The fraction of sp³-hybridized carbons (Fsp3) is 1.00. The largest absolute Gasteiger partial charge is 0.261 e. The van der Waals surface area contributed by atoms with Gasteiger partial charge in [-0.1, -0.05) is 39.0 Å². The van der Waals surface area contributed by atoms with E-state index in [1.54, 1.807) is 5.01 Å². The van der Waals surface area contributed by atoms with Crippen LogP contribution < -0.4 is 0 Å². The summed E-state index contributed by atoms with van der Waals surface area (Å²) in [5.74, 6) is 0. The number of nitroso groups, excluding NO2 is 1. The third-order valence-electron chi connectivity index (χ3n) is 2.25. The topological polar surface area (TPSA) is 32.7 Å². The van der Waals surface area contributed by atoms with E-state index in [1.807, 2.05) is 6.92 Å². The van der Waals surface area contributed by atoms with Crippen LogP contribution in [0, 0.1) is 4.91 Å². The predicted octanol–water partition coefficient (Wildman–Crippen LogP) is 3.35. The van der Waals surface area contributed by atoms with Crippen LogP contribution in [-0.2, 0) is 0 Å². The lowest BCUT2D eigenvalue weighted by Gasteiger charge is -2.11. The van der Waals surface area contributed by atoms with Crippen molar-refractivity contribution in [1.29, 1.82) is 0 Å². The summed E-state index contributed by atoms with van der Waals surface area (Å²) >= 11 is 0. The Morgan fingerprint density at radius 3 is 2.15 bits per heavy atom. The summed E-state index contributed by atoms with van der Waals surface area (Å²) in [5, 5.41) is 4.51. The molecule has 3 heteroatoms. The van der Waals surface area contributed by atoms with Gasteiger partial charge in [-0.2, -0.15) is 0 Å². The van der Waals surface area contributed by atoms with Crippen LogP contribution in [0.1, 0.15) is 52.4 Å². The zero-order chi connectivity index (χ0) is 9.94. The third kappa shape index (κ3) is 7.75. The lowest BCUT2D eigenvalue weighted by atomic mass is 10.1. The Morgan fingerprint density at radius 1 is 1.00 bits per heavy atom. The van der Waals surface area contributed by atoms with E-state index >= 15 is 0 Å². The second kappa shape index (κ2) is 9.49. The van der Waals surface area contributed by atoms with Crippen molar-refractivity contribution in [2.24, 2.45) is 5.29 Å². The molecule has 0 saturated carbocycles. The Kier molecular flexibility index (Phi) is 9.05. The van der Waals surface area contributed by atoms with Gasteiger partial charge in [0.25, 0.3) is 0 Å². The molecule has 78 valence electrons. The summed E-state index contributed by atoms with van der Waals surface area (Å²) in [6.45, 7) is 5.73. The van der Waals surface area contributed by atoms with Crippen LogP contribution in [0.4, 0.5) is 0 Å². The highest BCUT2D eigenvalue weighted by Crippen LogP contribution is 2.05. The Balaban J connectivity index is 3.10. The first-order chi connectivity index (χ1) is 6.35. The summed E-state index contributed by atoms with van der Waals surface area (Å²) in [5.41, 5.74) is 0. The van der Waals surface area contributed by atoms with E-state index in [1.165, 1.54) is 32.1 Å². The van der Waals surface area contributed by atoms with Gasteiger partial charge >= 0.3 is 0 Å². The van der Waals surface area contributed by atoms with Gasteiger partial charge in [-0.25, -0.2) is 0 Å². The van der Waals surface area contributed by atoms with Gasteiger partial charge in [0.15, 0.2) is 0 Å². The summed E-state index contributed by atoms with van der Waals surface area (Å²) in [7, 11) is 0. The van der Waals surface area contributed by atoms with Crippen LogP contribution in [0.2, 0.25) is 0 Å². The van der Waals surface area contributed by atoms with E-state index in [-0.39, 0.29) is 0 Å². The molecule has 0 saturated heterocycles. The van der Waals surface area contributed by atoms with E-state index in [9.17, 15) is 4.91 Å². The standard InChI is InChI=1S/C10H22N2O/c1-3-5-6-7-8-9-10-12(4-2)11-13/h3-10H2,1-2H3. The molecule has 0 aliphatic rings. The minimum absolute atomic E-state index is 0.735. The second-order valence-electron chi connectivity index (χ2n) is 3.40. The van der Waals surface area contributed by atoms with E-state index in [4.69, 9.17) is 0 Å². The maximum Gasteiger partial charge on any atom is 0.0523 e. The van der Waals surface area contributed by atoms with Crippen LogP contribution in [0.5, 0.6) is 0 Å². The lowest BCUT2D eigenvalue weighted by Crippen LogP contribution is -2.16. The average Bonchev–Trinajstić information content (AvgIpc) is 2.17. The molecule has 0 rings (SSSR count). The summed E-state index contributed by atoms with van der Waals surface area (Å²) in [6.07, 6.45) is 7.58. The van der Waals surface area contributed by atoms with Crippen molar-refractivity contribution in [2.75, 3.05) is 13.1 Å². The molecule has 0 heterocycles. The maximum atomic E-state index is 10.2. The van der Waals surface area contributed by atoms with Crippen molar-refractivity contribution in [3.8, 4) is 0 Å². The molecular weight excluding hydrogens is 164 g/mol. The SMILES string of the molecule is CCCCCCCCN(CC)N=O. The highest BCUT2D eigenvalue weighted by molar-refractivity contribution is 4.50. The van der Waals surface area contributed by atoms with Crippen molar-refractivity contribution in [2.45, 2.75) is 52.4 Å². The lowest BCUT2D eigenvalue weighted by molar-refractivity contribution is 0.291. The summed E-state index contributed by atoms with van der Waals surface area (Å²) in [4.78, 5) is 10.2. The Morgan fingerprint density at radius 2 is 1.62 bits per heavy atom. The van der Waals surface area contributed by atoms with Gasteiger partial charge in [0.2, 0.25) is 0 Å². The minimum atomic E-state index is 0.735. The molecular formula is C10H22N2O. The van der Waals surface area contributed by atoms with Gasteiger partial charge in [0.05, 0.1) is 5.29 Å². The molecule has 0 bridgehead atoms. The van der Waals surface area contributed by atoms with Gasteiger partial charge in [-0.15, -0.1) is 4.91 Å². The quantitative estimate of drug-likeness (QED) is 0.314. The van der Waals surface area contributed by atoms with E-state index in [2.05, 4.69) is 12.2 Å². The Bertz CT molecular complexity index is 117. The van der Waals surface area contributed by atoms with E-state index < -0.39 is 0 Å². The van der Waals surface area contributed by atoms with E-state index in [0.717, 1.165) is 19.5 Å². The van der Waals surface area contributed by atoms with Gasteiger partial charge in [-0.05, 0) is 13.3 Å². The van der Waals surface area contributed by atoms with Crippen LogP contribution in [0.25, 0.3) is 0 Å². The normalized spacial score (nSPS) is 10.0. The van der Waals surface area contributed by atoms with Gasteiger partial charge in [0, 0.05) is 13.1 Å². The first-order valence-electron chi connectivity index (χ1n) is 5.43. The zero-order valence-electron chi connectivity index (χ0n) is 8.96. The fourth-order valence-corrected chi connectivity index (χ4v) is 1.33. The second-order valence-corrected chi connectivity index (χ2v) is 3.40. The van der Waals surface area contributed by atoms with Crippen molar-refractivity contribution in [3.63, 3.8) is 0 Å². The Hall–Kier alpha value is -0.600. The maximum absolute atomic E-state index is 10.2.